The lowest BCUT2D eigenvalue weighted by atomic mass is 10.1. The van der Waals surface area contributed by atoms with E-state index in [0.29, 0.717) is 33.7 Å². The molecule has 0 fully saturated rings. The van der Waals surface area contributed by atoms with Gasteiger partial charge in [0, 0.05) is 5.56 Å². The molecule has 5 aromatic rings. The number of benzene rings is 4. The molecule has 5 rings (SSSR count). The Balaban J connectivity index is 1.52. The fourth-order valence-electron chi connectivity index (χ4n) is 4.34. The normalized spacial score (nSPS) is 11.7. The lowest BCUT2D eigenvalue weighted by molar-refractivity contribution is -0.137. The van der Waals surface area contributed by atoms with Gasteiger partial charge in [-0.1, -0.05) is 36.4 Å². The number of carboxylic acid groups (broad SMARTS) is 1. The van der Waals surface area contributed by atoms with Gasteiger partial charge >= 0.3 is 12.1 Å². The first-order valence-corrected chi connectivity index (χ1v) is 14.0. The summed E-state index contributed by atoms with van der Waals surface area (Å²) in [6, 6.07) is 20.6. The molecule has 44 heavy (non-hydrogen) atoms. The van der Waals surface area contributed by atoms with E-state index in [1.165, 1.54) is 30.5 Å². The van der Waals surface area contributed by atoms with E-state index >= 15 is 0 Å². The summed E-state index contributed by atoms with van der Waals surface area (Å²) in [6.45, 7) is 2.24. The van der Waals surface area contributed by atoms with E-state index in [2.05, 4.69) is 26.0 Å². The van der Waals surface area contributed by atoms with Gasteiger partial charge in [0.05, 0.1) is 39.3 Å². The average molecular weight is 666 g/mol. The highest BCUT2D eigenvalue weighted by Gasteiger charge is 2.31. The summed E-state index contributed by atoms with van der Waals surface area (Å²) in [7, 11) is 0. The van der Waals surface area contributed by atoms with Crippen molar-refractivity contribution in [2.24, 2.45) is 5.10 Å². The molecule has 0 bridgehead atoms. The Hall–Kier alpha value is -4.97. The average Bonchev–Trinajstić information content (AvgIpc) is 3.00. The Morgan fingerprint density at radius 2 is 1.77 bits per heavy atom. The topological polar surface area (TPSA) is 103 Å². The molecular weight excluding hydrogens is 643 g/mol. The Labute approximate surface area is 257 Å². The molecular formula is C32H23BrF3N3O5. The molecule has 0 unspecified atom stereocenters. The maximum atomic E-state index is 13.5. The first-order valence-electron chi connectivity index (χ1n) is 13.2. The third kappa shape index (κ3) is 6.65. The zero-order valence-corrected chi connectivity index (χ0v) is 24.6. The number of halogens is 4. The molecule has 0 aliphatic carbocycles. The number of hydrogen-bond acceptors (Lipinski definition) is 6. The van der Waals surface area contributed by atoms with Crippen LogP contribution in [0.3, 0.4) is 0 Å². The molecule has 0 saturated heterocycles. The number of carboxylic acids is 1. The van der Waals surface area contributed by atoms with Gasteiger partial charge in [0.15, 0.2) is 17.3 Å². The van der Waals surface area contributed by atoms with Crippen molar-refractivity contribution in [3.05, 3.63) is 122 Å². The van der Waals surface area contributed by atoms with E-state index < -0.39 is 23.3 Å². The van der Waals surface area contributed by atoms with Crippen LogP contribution in [0.4, 0.5) is 13.2 Å². The predicted molar refractivity (Wildman–Crippen MR) is 162 cm³/mol. The third-order valence-corrected chi connectivity index (χ3v) is 7.03. The maximum absolute atomic E-state index is 13.5. The minimum atomic E-state index is -4.59. The number of ether oxygens (including phenoxy) is 2. The van der Waals surface area contributed by atoms with Gasteiger partial charge in [0.2, 0.25) is 0 Å². The highest BCUT2D eigenvalue weighted by Crippen LogP contribution is 2.37. The first-order chi connectivity index (χ1) is 21.0. The molecule has 0 amide bonds. The standard InChI is InChI=1S/C32H23BrF3N3O5/c1-2-43-27-15-20(14-25(33)28(27)44-18-19-10-12-21(13-11-19)31(41)42)17-37-39-29(22-6-5-7-23(16-22)32(34,35)36)38-26-9-4-3-8-24(26)30(39)40/h3-17H,2,18H2,1H3,(H,41,42). The molecule has 8 nitrogen and oxygen atoms in total. The summed E-state index contributed by atoms with van der Waals surface area (Å²) >= 11 is 3.49. The summed E-state index contributed by atoms with van der Waals surface area (Å²) in [5.41, 5.74) is 0.330. The van der Waals surface area contributed by atoms with Crippen molar-refractivity contribution < 1.29 is 32.5 Å². The van der Waals surface area contributed by atoms with Gasteiger partial charge in [-0.25, -0.2) is 9.78 Å². The fraction of sp³-hybridized carbons (Fsp3) is 0.125. The highest BCUT2D eigenvalue weighted by atomic mass is 79.9. The maximum Gasteiger partial charge on any atom is 0.416 e. The second-order valence-corrected chi connectivity index (χ2v) is 10.3. The SMILES string of the molecule is CCOc1cc(C=Nn2c(-c3cccc(C(F)(F)F)c3)nc3ccccc3c2=O)cc(Br)c1OCc1ccc(C(=O)O)cc1. The lowest BCUT2D eigenvalue weighted by Crippen LogP contribution is -2.20. The number of aromatic nitrogens is 2. The van der Waals surface area contributed by atoms with Crippen LogP contribution in [-0.2, 0) is 12.8 Å². The van der Waals surface area contributed by atoms with Gasteiger partial charge in [-0.15, -0.1) is 0 Å². The minimum Gasteiger partial charge on any atom is -0.490 e. The second kappa shape index (κ2) is 12.7. The van der Waals surface area contributed by atoms with E-state index in [1.54, 1.807) is 55.5 Å². The van der Waals surface area contributed by atoms with Crippen LogP contribution in [-0.4, -0.2) is 33.6 Å². The van der Waals surface area contributed by atoms with Crippen LogP contribution in [0.15, 0.2) is 99.3 Å². The van der Waals surface area contributed by atoms with Gasteiger partial charge in [0.25, 0.3) is 5.56 Å². The van der Waals surface area contributed by atoms with Gasteiger partial charge in [-0.3, -0.25) is 4.79 Å². The first kappa shape index (κ1) is 30.5. The quantitative estimate of drug-likeness (QED) is 0.165. The van der Waals surface area contributed by atoms with E-state index in [4.69, 9.17) is 14.6 Å². The van der Waals surface area contributed by atoms with Crippen molar-refractivity contribution in [3.8, 4) is 22.9 Å². The molecule has 1 aromatic heterocycles. The molecule has 0 spiro atoms. The van der Waals surface area contributed by atoms with Crippen LogP contribution in [0.2, 0.25) is 0 Å². The molecule has 0 aliphatic heterocycles. The van der Waals surface area contributed by atoms with Crippen LogP contribution < -0.4 is 15.0 Å². The van der Waals surface area contributed by atoms with Crippen molar-refractivity contribution in [1.82, 2.24) is 9.66 Å². The molecule has 0 atom stereocenters. The zero-order valence-electron chi connectivity index (χ0n) is 23.0. The Kier molecular flexibility index (Phi) is 8.81. The molecule has 0 saturated carbocycles. The molecule has 0 radical (unpaired) electrons. The third-order valence-electron chi connectivity index (χ3n) is 6.44. The zero-order chi connectivity index (χ0) is 31.4. The Morgan fingerprint density at radius 1 is 1.02 bits per heavy atom. The highest BCUT2D eigenvalue weighted by molar-refractivity contribution is 9.10. The van der Waals surface area contributed by atoms with E-state index in [-0.39, 0.29) is 28.9 Å². The van der Waals surface area contributed by atoms with Crippen molar-refractivity contribution in [2.45, 2.75) is 19.7 Å². The monoisotopic (exact) mass is 665 g/mol. The summed E-state index contributed by atoms with van der Waals surface area (Å²) in [4.78, 5) is 29.1. The van der Waals surface area contributed by atoms with E-state index in [1.807, 2.05) is 0 Å². The summed E-state index contributed by atoms with van der Waals surface area (Å²) in [6.07, 6.45) is -3.22. The van der Waals surface area contributed by atoms with Gasteiger partial charge in [-0.2, -0.15) is 22.9 Å². The van der Waals surface area contributed by atoms with Crippen LogP contribution in [0.5, 0.6) is 11.5 Å². The van der Waals surface area contributed by atoms with Crippen LogP contribution in [0, 0.1) is 0 Å². The smallest absolute Gasteiger partial charge is 0.416 e. The van der Waals surface area contributed by atoms with Crippen molar-refractivity contribution in [3.63, 3.8) is 0 Å². The molecule has 1 N–H and O–H groups in total. The van der Waals surface area contributed by atoms with Crippen LogP contribution >= 0.6 is 15.9 Å². The molecule has 224 valence electrons. The molecule has 4 aromatic carbocycles. The van der Waals surface area contributed by atoms with Gasteiger partial charge in [-0.05, 0) is 82.5 Å². The minimum absolute atomic E-state index is 0.0611. The second-order valence-electron chi connectivity index (χ2n) is 9.45. The lowest BCUT2D eigenvalue weighted by Gasteiger charge is -2.15. The van der Waals surface area contributed by atoms with E-state index in [9.17, 15) is 22.8 Å². The number of hydrogen-bond donors (Lipinski definition) is 1. The molecule has 0 aliphatic rings. The number of aromatic carboxylic acids is 1. The van der Waals surface area contributed by atoms with E-state index in [0.717, 1.165) is 22.4 Å². The van der Waals surface area contributed by atoms with Crippen molar-refractivity contribution in [2.75, 3.05) is 6.61 Å². The number of nitrogens with zero attached hydrogens (tertiary/aromatic N) is 3. The van der Waals surface area contributed by atoms with Crippen LogP contribution in [0.1, 0.15) is 34.0 Å². The van der Waals surface area contributed by atoms with Gasteiger partial charge < -0.3 is 14.6 Å². The molecule has 1 heterocycles. The summed E-state index contributed by atoms with van der Waals surface area (Å²) < 4.78 is 53.7. The summed E-state index contributed by atoms with van der Waals surface area (Å²) in [5.74, 6) is -0.332. The number of carbonyl (C=O) groups is 1. The number of para-hydroxylation sites is 1. The fourth-order valence-corrected chi connectivity index (χ4v) is 4.92. The predicted octanol–water partition coefficient (Wildman–Crippen LogP) is 7.40. The number of rotatable bonds is 9. The Bertz CT molecular complexity index is 1940. The Morgan fingerprint density at radius 3 is 2.48 bits per heavy atom. The molecule has 12 heteroatoms. The van der Waals surface area contributed by atoms with Crippen LogP contribution in [0.25, 0.3) is 22.3 Å². The van der Waals surface area contributed by atoms with Crippen molar-refractivity contribution in [1.29, 1.82) is 0 Å². The largest absolute Gasteiger partial charge is 0.490 e. The summed E-state index contributed by atoms with van der Waals surface area (Å²) in [5, 5.41) is 13.7. The van der Waals surface area contributed by atoms with Crippen molar-refractivity contribution >= 4 is 39.0 Å². The van der Waals surface area contributed by atoms with Gasteiger partial charge in [0.1, 0.15) is 6.61 Å². The number of alkyl halides is 3. The number of fused-ring (bicyclic) bond motifs is 1.